The van der Waals surface area contributed by atoms with Crippen molar-refractivity contribution < 1.29 is 29.0 Å². The molecule has 10 heteroatoms. The van der Waals surface area contributed by atoms with Gasteiger partial charge in [0.15, 0.2) is 5.78 Å². The lowest BCUT2D eigenvalue weighted by Crippen LogP contribution is -2.52. The molecular formula is C25H30N4O6. The summed E-state index contributed by atoms with van der Waals surface area (Å²) in [5, 5.41) is 15.7. The Morgan fingerprint density at radius 3 is 2.77 bits per heavy atom. The van der Waals surface area contributed by atoms with Gasteiger partial charge in [0, 0.05) is 29.9 Å². The highest BCUT2D eigenvalue weighted by molar-refractivity contribution is 6.02. The Morgan fingerprint density at radius 1 is 1.31 bits per heavy atom. The number of likely N-dealkylation sites (tertiary alicyclic amines) is 1. The number of Topliss-reactive ketones (excluding diaryl/α,β-unsaturated/α-hetero) is 1. The van der Waals surface area contributed by atoms with Crippen molar-refractivity contribution in [3.05, 3.63) is 30.0 Å². The number of H-pyrrole nitrogens is 1. The summed E-state index contributed by atoms with van der Waals surface area (Å²) in [6.45, 7) is 0.272. The van der Waals surface area contributed by atoms with Crippen LogP contribution in [0.4, 0.5) is 0 Å². The van der Waals surface area contributed by atoms with Gasteiger partial charge in [0.1, 0.15) is 24.1 Å². The highest BCUT2D eigenvalue weighted by Gasteiger charge is 2.55. The zero-order valence-electron chi connectivity index (χ0n) is 19.6. The molecule has 3 aliphatic rings. The second-order valence-corrected chi connectivity index (χ2v) is 9.96. The number of ether oxygens (including phenoxy) is 1. The third-order valence-electron chi connectivity index (χ3n) is 7.65. The van der Waals surface area contributed by atoms with Crippen molar-refractivity contribution in [3.63, 3.8) is 0 Å². The first-order valence-corrected chi connectivity index (χ1v) is 12.0. The number of carbonyl (C=O) groups excluding carboxylic acids is 4. The fraction of sp³-hybridized carbons (Fsp3) is 0.520. The Labute approximate surface area is 202 Å². The Bertz CT molecular complexity index is 1190. The van der Waals surface area contributed by atoms with Gasteiger partial charge in [0.05, 0.1) is 13.2 Å². The van der Waals surface area contributed by atoms with Crippen LogP contribution < -0.4 is 15.4 Å². The largest absolute Gasteiger partial charge is 0.496 e. The maximum atomic E-state index is 13.6. The van der Waals surface area contributed by atoms with Crippen molar-refractivity contribution >= 4 is 34.4 Å². The molecule has 2 saturated heterocycles. The summed E-state index contributed by atoms with van der Waals surface area (Å²) in [7, 11) is 1.57. The van der Waals surface area contributed by atoms with Crippen molar-refractivity contribution in [2.75, 3.05) is 26.8 Å². The van der Waals surface area contributed by atoms with Gasteiger partial charge in [-0.05, 0) is 55.7 Å². The fourth-order valence-electron chi connectivity index (χ4n) is 5.42. The molecule has 1 aromatic heterocycles. The molecule has 3 fully saturated rings. The minimum Gasteiger partial charge on any atom is -0.496 e. The normalized spacial score (nSPS) is 23.4. The molecule has 3 atom stereocenters. The van der Waals surface area contributed by atoms with Gasteiger partial charge in [-0.3, -0.25) is 19.2 Å². The average molecular weight is 483 g/mol. The number of hydrogen-bond acceptors (Lipinski definition) is 6. The quantitative estimate of drug-likeness (QED) is 0.438. The summed E-state index contributed by atoms with van der Waals surface area (Å²) in [5.41, 5.74) is 1.06. The predicted molar refractivity (Wildman–Crippen MR) is 126 cm³/mol. The molecule has 1 saturated carbocycles. The summed E-state index contributed by atoms with van der Waals surface area (Å²) in [6, 6.07) is 5.53. The smallest absolute Gasteiger partial charge is 0.271 e. The molecule has 35 heavy (non-hydrogen) atoms. The van der Waals surface area contributed by atoms with E-state index in [9.17, 15) is 24.3 Å². The predicted octanol–water partition coefficient (Wildman–Crippen LogP) is 0.744. The number of aliphatic hydroxyl groups excluding tert-OH is 1. The van der Waals surface area contributed by atoms with Crippen LogP contribution in [0, 0.1) is 11.3 Å². The van der Waals surface area contributed by atoms with Crippen LogP contribution in [0.1, 0.15) is 42.6 Å². The van der Waals surface area contributed by atoms with Gasteiger partial charge in [0.25, 0.3) is 5.91 Å². The average Bonchev–Trinajstić information content (AvgIpc) is 3.16. The van der Waals surface area contributed by atoms with Gasteiger partial charge in [-0.25, -0.2) is 0 Å². The van der Waals surface area contributed by atoms with Crippen molar-refractivity contribution in [2.24, 2.45) is 11.3 Å². The molecule has 3 amide bonds. The first kappa shape index (κ1) is 23.3. The van der Waals surface area contributed by atoms with Crippen LogP contribution in [0.15, 0.2) is 24.3 Å². The maximum absolute atomic E-state index is 13.6. The van der Waals surface area contributed by atoms with Crippen LogP contribution in [0.3, 0.4) is 0 Å². The molecule has 4 N–H and O–H groups in total. The zero-order valence-corrected chi connectivity index (χ0v) is 19.6. The third kappa shape index (κ3) is 4.38. The van der Waals surface area contributed by atoms with E-state index in [0.717, 1.165) is 23.7 Å². The van der Waals surface area contributed by atoms with E-state index in [-0.39, 0.29) is 23.7 Å². The molecule has 1 aliphatic carbocycles. The molecule has 3 heterocycles. The van der Waals surface area contributed by atoms with Gasteiger partial charge in [0.2, 0.25) is 11.8 Å². The minimum absolute atomic E-state index is 0.0663. The van der Waals surface area contributed by atoms with Crippen LogP contribution in [0.25, 0.3) is 10.9 Å². The van der Waals surface area contributed by atoms with Crippen LogP contribution in [-0.2, 0) is 14.4 Å². The standard InChI is InChI=1S/C25H30N4O6/c1-35-21-4-2-3-16-15(21)10-18(27-16)24(34)29-13-25(6-7-25)11-19(29)23(33)28-17(20(31)12-30)9-14-5-8-26-22(14)32/h2-4,10,14,17,19,27,30H,5-9,11-13H2,1H3,(H,26,32)(H,28,33)/t14-,17-,19?/m0/s1. The second kappa shape index (κ2) is 8.99. The van der Waals surface area contributed by atoms with E-state index in [1.54, 1.807) is 18.1 Å². The number of nitrogens with zero attached hydrogens (tertiary/aromatic N) is 1. The molecule has 1 unspecified atom stereocenters. The Hall–Kier alpha value is -3.40. The molecule has 1 aromatic carbocycles. The molecule has 0 bridgehead atoms. The first-order chi connectivity index (χ1) is 16.8. The zero-order chi connectivity index (χ0) is 24.7. The fourth-order valence-corrected chi connectivity index (χ4v) is 5.42. The minimum atomic E-state index is -0.980. The van der Waals surface area contributed by atoms with Gasteiger partial charge >= 0.3 is 0 Å². The van der Waals surface area contributed by atoms with E-state index in [1.807, 2.05) is 18.2 Å². The third-order valence-corrected chi connectivity index (χ3v) is 7.65. The van der Waals surface area contributed by atoms with Crippen molar-refractivity contribution in [2.45, 2.75) is 44.2 Å². The molecule has 0 radical (unpaired) electrons. The van der Waals surface area contributed by atoms with Crippen molar-refractivity contribution in [1.29, 1.82) is 0 Å². The molecular weight excluding hydrogens is 452 g/mol. The van der Waals surface area contributed by atoms with Crippen LogP contribution in [0.2, 0.25) is 0 Å². The van der Waals surface area contributed by atoms with E-state index in [4.69, 9.17) is 4.74 Å². The topological polar surface area (TPSA) is 141 Å². The highest BCUT2D eigenvalue weighted by Crippen LogP contribution is 2.55. The number of methoxy groups -OCH3 is 1. The monoisotopic (exact) mass is 482 g/mol. The molecule has 10 nitrogen and oxygen atoms in total. The van der Waals surface area contributed by atoms with Crippen LogP contribution in [-0.4, -0.2) is 77.4 Å². The van der Waals surface area contributed by atoms with Gasteiger partial charge in [-0.2, -0.15) is 0 Å². The number of rotatable bonds is 8. The number of carbonyl (C=O) groups is 4. The number of aliphatic hydroxyl groups is 1. The first-order valence-electron chi connectivity index (χ1n) is 12.0. The summed E-state index contributed by atoms with van der Waals surface area (Å²) >= 11 is 0. The van der Waals surface area contributed by atoms with E-state index >= 15 is 0 Å². The highest BCUT2D eigenvalue weighted by atomic mass is 16.5. The lowest BCUT2D eigenvalue weighted by Gasteiger charge is -2.26. The molecule has 2 aliphatic heterocycles. The SMILES string of the molecule is COc1cccc2[nH]c(C(=O)N3CC4(CC4)CC3C(=O)N[C@@H](C[C@@H]3CCNC3=O)C(=O)CO)cc12. The summed E-state index contributed by atoms with van der Waals surface area (Å²) in [5.74, 6) is -1.16. The number of amides is 3. The Balaban J connectivity index is 1.36. The van der Waals surface area contributed by atoms with E-state index in [0.29, 0.717) is 37.4 Å². The number of nitrogens with one attached hydrogen (secondary N) is 3. The maximum Gasteiger partial charge on any atom is 0.271 e. The van der Waals surface area contributed by atoms with Crippen LogP contribution >= 0.6 is 0 Å². The number of hydrogen-bond donors (Lipinski definition) is 4. The molecule has 186 valence electrons. The van der Waals surface area contributed by atoms with E-state index in [2.05, 4.69) is 15.6 Å². The molecule has 2 aromatic rings. The van der Waals surface area contributed by atoms with E-state index in [1.165, 1.54) is 0 Å². The molecule has 5 rings (SSSR count). The second-order valence-electron chi connectivity index (χ2n) is 9.96. The van der Waals surface area contributed by atoms with Gasteiger partial charge < -0.3 is 30.4 Å². The Kier molecular flexibility index (Phi) is 6.00. The number of ketones is 1. The Morgan fingerprint density at radius 2 is 2.11 bits per heavy atom. The lowest BCUT2D eigenvalue weighted by molar-refractivity contribution is -0.132. The number of fused-ring (bicyclic) bond motifs is 1. The van der Waals surface area contributed by atoms with Crippen molar-refractivity contribution in [3.8, 4) is 5.75 Å². The van der Waals surface area contributed by atoms with Crippen LogP contribution in [0.5, 0.6) is 5.75 Å². The summed E-state index contributed by atoms with van der Waals surface area (Å²) < 4.78 is 5.40. The van der Waals surface area contributed by atoms with Gasteiger partial charge in [-0.15, -0.1) is 0 Å². The van der Waals surface area contributed by atoms with Gasteiger partial charge in [-0.1, -0.05) is 6.07 Å². The number of benzene rings is 1. The summed E-state index contributed by atoms with van der Waals surface area (Å²) in [4.78, 5) is 56.1. The van der Waals surface area contributed by atoms with E-state index < -0.39 is 36.3 Å². The summed E-state index contributed by atoms with van der Waals surface area (Å²) in [6.07, 6.45) is 3.12. The molecule has 1 spiro atoms. The number of aromatic nitrogens is 1. The number of aromatic amines is 1. The van der Waals surface area contributed by atoms with Crippen molar-refractivity contribution in [1.82, 2.24) is 20.5 Å². The lowest BCUT2D eigenvalue weighted by atomic mass is 9.95.